The van der Waals surface area contributed by atoms with Crippen LogP contribution >= 0.6 is 0 Å². The Kier molecular flexibility index (Phi) is 3.49. The predicted molar refractivity (Wildman–Crippen MR) is 73.9 cm³/mol. The van der Waals surface area contributed by atoms with E-state index in [2.05, 4.69) is 12.1 Å². The summed E-state index contributed by atoms with van der Waals surface area (Å²) in [6, 6.07) is 8.37. The molecule has 1 nitrogen and oxygen atoms in total. The maximum absolute atomic E-state index is 12.1. The van der Waals surface area contributed by atoms with Crippen molar-refractivity contribution >= 4 is 5.78 Å². The van der Waals surface area contributed by atoms with Crippen molar-refractivity contribution in [3.63, 3.8) is 0 Å². The van der Waals surface area contributed by atoms with Crippen molar-refractivity contribution in [1.29, 1.82) is 0 Å². The Bertz CT molecular complexity index is 408. The summed E-state index contributed by atoms with van der Waals surface area (Å²) in [5.41, 5.74) is 2.33. The molecule has 96 valence electrons. The number of benzene rings is 1. The third kappa shape index (κ3) is 2.82. The third-order valence-corrected chi connectivity index (χ3v) is 4.54. The highest BCUT2D eigenvalue weighted by atomic mass is 16.1. The van der Waals surface area contributed by atoms with E-state index in [1.54, 1.807) is 0 Å². The molecule has 0 atom stereocenters. The van der Waals surface area contributed by atoms with Crippen LogP contribution in [0.3, 0.4) is 0 Å². The zero-order chi connectivity index (χ0) is 12.4. The zero-order valence-electron chi connectivity index (χ0n) is 11.0. The first kappa shape index (κ1) is 12.0. The van der Waals surface area contributed by atoms with Crippen LogP contribution in [-0.2, 0) is 0 Å². The second-order valence-electron chi connectivity index (χ2n) is 6.01. The van der Waals surface area contributed by atoms with E-state index < -0.39 is 0 Å². The summed E-state index contributed by atoms with van der Waals surface area (Å²) < 4.78 is 0. The topological polar surface area (TPSA) is 17.1 Å². The number of hydrogen-bond donors (Lipinski definition) is 0. The van der Waals surface area contributed by atoms with Gasteiger partial charge in [0.05, 0.1) is 0 Å². The van der Waals surface area contributed by atoms with E-state index in [1.165, 1.54) is 44.1 Å². The first-order chi connectivity index (χ1) is 8.83. The summed E-state index contributed by atoms with van der Waals surface area (Å²) >= 11 is 0. The highest BCUT2D eigenvalue weighted by molar-refractivity contribution is 5.96. The smallest absolute Gasteiger partial charge is 0.162 e. The molecular formula is C17H22O. The lowest BCUT2D eigenvalue weighted by Gasteiger charge is -2.08. The highest BCUT2D eigenvalue weighted by Crippen LogP contribution is 2.40. The molecule has 1 aromatic rings. The Morgan fingerprint density at radius 3 is 2.28 bits per heavy atom. The van der Waals surface area contributed by atoms with Crippen LogP contribution < -0.4 is 0 Å². The van der Waals surface area contributed by atoms with Gasteiger partial charge in [0.1, 0.15) is 0 Å². The molecular weight excluding hydrogens is 220 g/mol. The van der Waals surface area contributed by atoms with Gasteiger partial charge in [-0.25, -0.2) is 0 Å². The fraction of sp³-hybridized carbons (Fsp3) is 0.588. The van der Waals surface area contributed by atoms with E-state index >= 15 is 0 Å². The summed E-state index contributed by atoms with van der Waals surface area (Å²) in [5.74, 6) is 1.94. The van der Waals surface area contributed by atoms with Gasteiger partial charge in [-0.05, 0) is 36.7 Å². The normalized spacial score (nSPS) is 20.2. The molecule has 0 aromatic heterocycles. The number of hydrogen-bond acceptors (Lipinski definition) is 1. The first-order valence-electron chi connectivity index (χ1n) is 7.46. The number of ketones is 1. The quantitative estimate of drug-likeness (QED) is 0.683. The summed E-state index contributed by atoms with van der Waals surface area (Å²) in [4.78, 5) is 12.1. The van der Waals surface area contributed by atoms with Gasteiger partial charge in [0.2, 0.25) is 0 Å². The van der Waals surface area contributed by atoms with E-state index in [4.69, 9.17) is 0 Å². The van der Waals surface area contributed by atoms with Gasteiger partial charge in [0.25, 0.3) is 0 Å². The Labute approximate surface area is 110 Å². The largest absolute Gasteiger partial charge is 0.294 e. The number of carbonyl (C=O) groups is 1. The predicted octanol–water partition coefficient (Wildman–Crippen LogP) is 4.72. The fourth-order valence-electron chi connectivity index (χ4n) is 3.14. The van der Waals surface area contributed by atoms with Crippen molar-refractivity contribution in [1.82, 2.24) is 0 Å². The summed E-state index contributed by atoms with van der Waals surface area (Å²) in [6.07, 6.45) is 9.92. The minimum absolute atomic E-state index is 0.337. The van der Waals surface area contributed by atoms with Crippen LogP contribution in [-0.4, -0.2) is 5.78 Å². The van der Waals surface area contributed by atoms with Crippen molar-refractivity contribution in [3.8, 4) is 0 Å². The molecule has 0 bridgehead atoms. The molecule has 3 rings (SSSR count). The van der Waals surface area contributed by atoms with E-state index in [-0.39, 0.29) is 0 Å². The molecule has 0 radical (unpaired) electrons. The highest BCUT2D eigenvalue weighted by Gasteiger charge is 2.23. The van der Waals surface area contributed by atoms with Gasteiger partial charge in [0.15, 0.2) is 5.78 Å². The Hall–Kier alpha value is -1.11. The van der Waals surface area contributed by atoms with Crippen molar-refractivity contribution in [2.45, 2.75) is 57.3 Å². The molecule has 2 fully saturated rings. The van der Waals surface area contributed by atoms with Gasteiger partial charge in [-0.15, -0.1) is 0 Å². The summed E-state index contributed by atoms with van der Waals surface area (Å²) in [5, 5.41) is 0. The van der Waals surface area contributed by atoms with Crippen molar-refractivity contribution in [2.75, 3.05) is 0 Å². The second kappa shape index (κ2) is 5.26. The number of rotatable bonds is 5. The van der Waals surface area contributed by atoms with Gasteiger partial charge in [0, 0.05) is 12.0 Å². The molecule has 1 aromatic carbocycles. The van der Waals surface area contributed by atoms with Gasteiger partial charge in [-0.1, -0.05) is 49.9 Å². The van der Waals surface area contributed by atoms with Crippen LogP contribution in [0, 0.1) is 5.92 Å². The minimum Gasteiger partial charge on any atom is -0.294 e. The van der Waals surface area contributed by atoms with E-state index in [1.807, 2.05) is 12.1 Å². The van der Waals surface area contributed by atoms with Crippen LogP contribution in [0.15, 0.2) is 24.3 Å². The molecule has 0 saturated heterocycles. The molecule has 0 aliphatic heterocycles. The maximum atomic E-state index is 12.1. The molecule has 0 heterocycles. The zero-order valence-corrected chi connectivity index (χ0v) is 11.0. The minimum atomic E-state index is 0.337. The molecule has 0 N–H and O–H groups in total. The lowest BCUT2D eigenvalue weighted by atomic mass is 9.97. The van der Waals surface area contributed by atoms with Gasteiger partial charge in [-0.3, -0.25) is 4.79 Å². The Morgan fingerprint density at radius 1 is 1.00 bits per heavy atom. The molecule has 1 heteroatoms. The van der Waals surface area contributed by atoms with Crippen LogP contribution in [0.2, 0.25) is 0 Å². The standard InChI is InChI=1S/C17H22O/c18-17(12-5-13-3-1-2-4-13)16-10-8-15(9-11-16)14-6-7-14/h8-11,13-14H,1-7,12H2. The lowest BCUT2D eigenvalue weighted by molar-refractivity contribution is 0.0974. The first-order valence-corrected chi connectivity index (χ1v) is 7.46. The summed E-state index contributed by atoms with van der Waals surface area (Å²) in [7, 11) is 0. The molecule has 2 aliphatic carbocycles. The summed E-state index contributed by atoms with van der Waals surface area (Å²) in [6.45, 7) is 0. The fourth-order valence-corrected chi connectivity index (χ4v) is 3.14. The van der Waals surface area contributed by atoms with Crippen molar-refractivity contribution in [2.24, 2.45) is 5.92 Å². The average Bonchev–Trinajstić information content (AvgIpc) is 3.13. The molecule has 2 aliphatic rings. The van der Waals surface area contributed by atoms with Crippen molar-refractivity contribution < 1.29 is 4.79 Å². The molecule has 18 heavy (non-hydrogen) atoms. The number of carbonyl (C=O) groups excluding carboxylic acids is 1. The van der Waals surface area contributed by atoms with E-state index in [0.29, 0.717) is 5.78 Å². The molecule has 0 spiro atoms. The third-order valence-electron chi connectivity index (χ3n) is 4.54. The van der Waals surface area contributed by atoms with Gasteiger partial charge >= 0.3 is 0 Å². The van der Waals surface area contributed by atoms with E-state index in [9.17, 15) is 4.79 Å². The van der Waals surface area contributed by atoms with Crippen LogP contribution in [0.4, 0.5) is 0 Å². The van der Waals surface area contributed by atoms with Crippen LogP contribution in [0.1, 0.15) is 73.2 Å². The van der Waals surface area contributed by atoms with Gasteiger partial charge in [-0.2, -0.15) is 0 Å². The Balaban J connectivity index is 1.54. The lowest BCUT2D eigenvalue weighted by Crippen LogP contribution is -2.03. The van der Waals surface area contributed by atoms with E-state index in [0.717, 1.165) is 30.2 Å². The monoisotopic (exact) mass is 242 g/mol. The second-order valence-corrected chi connectivity index (χ2v) is 6.01. The SMILES string of the molecule is O=C(CCC1CCCC1)c1ccc(C2CC2)cc1. The van der Waals surface area contributed by atoms with Crippen molar-refractivity contribution in [3.05, 3.63) is 35.4 Å². The van der Waals surface area contributed by atoms with Crippen LogP contribution in [0.5, 0.6) is 0 Å². The Morgan fingerprint density at radius 2 is 1.67 bits per heavy atom. The van der Waals surface area contributed by atoms with Crippen LogP contribution in [0.25, 0.3) is 0 Å². The maximum Gasteiger partial charge on any atom is 0.162 e. The number of Topliss-reactive ketones (excluding diaryl/α,β-unsaturated/α-hetero) is 1. The van der Waals surface area contributed by atoms with Gasteiger partial charge < -0.3 is 0 Å². The average molecular weight is 242 g/mol. The molecule has 0 unspecified atom stereocenters. The molecule has 0 amide bonds. The molecule has 2 saturated carbocycles.